The minimum Gasteiger partial charge on any atom is -0.496 e. The molecule has 0 aliphatic carbocycles. The highest BCUT2D eigenvalue weighted by Gasteiger charge is 2.39. The lowest BCUT2D eigenvalue weighted by Crippen LogP contribution is -2.43. The van der Waals surface area contributed by atoms with Gasteiger partial charge < -0.3 is 14.2 Å². The molecule has 8 nitrogen and oxygen atoms in total. The number of ether oxygens (including phenoxy) is 1. The first-order chi connectivity index (χ1) is 15.4. The molecule has 1 saturated heterocycles. The fourth-order valence-electron chi connectivity index (χ4n) is 4.66. The molecule has 4 heterocycles. The van der Waals surface area contributed by atoms with Gasteiger partial charge in [-0.05, 0) is 45.4 Å². The number of hydrogen-bond donors (Lipinski definition) is 2. The molecule has 0 saturated carbocycles. The zero-order chi connectivity index (χ0) is 22.5. The number of hydrogen-bond acceptors (Lipinski definition) is 5. The van der Waals surface area contributed by atoms with Crippen molar-refractivity contribution in [1.82, 2.24) is 30.1 Å². The lowest BCUT2D eigenvalue weighted by molar-refractivity contribution is -0.133. The zero-order valence-electron chi connectivity index (χ0n) is 19.0. The van der Waals surface area contributed by atoms with Gasteiger partial charge in [0.2, 0.25) is 5.91 Å². The number of nitrogens with one attached hydrogen (secondary N) is 2. The predicted molar refractivity (Wildman–Crippen MR) is 121 cm³/mol. The highest BCUT2D eigenvalue weighted by molar-refractivity contribution is 5.83. The number of methoxy groups -OCH3 is 1. The third-order valence-electron chi connectivity index (χ3n) is 6.24. The summed E-state index contributed by atoms with van der Waals surface area (Å²) in [5.74, 6) is 1.96. The molecule has 0 bridgehead atoms. The number of hydrazine groups is 1. The molecule has 2 aliphatic heterocycles. The first-order valence-corrected chi connectivity index (χ1v) is 11.0. The van der Waals surface area contributed by atoms with Gasteiger partial charge in [-0.1, -0.05) is 18.2 Å². The Balaban J connectivity index is 1.35. The van der Waals surface area contributed by atoms with Crippen molar-refractivity contribution in [3.8, 4) is 11.6 Å². The van der Waals surface area contributed by atoms with Crippen LogP contribution in [0.25, 0.3) is 5.82 Å². The molecule has 5 rings (SSSR count). The van der Waals surface area contributed by atoms with E-state index in [2.05, 4.69) is 40.9 Å². The van der Waals surface area contributed by atoms with Gasteiger partial charge in [0.1, 0.15) is 17.6 Å². The van der Waals surface area contributed by atoms with Crippen LogP contribution in [-0.4, -0.2) is 38.3 Å². The van der Waals surface area contributed by atoms with Crippen LogP contribution in [0.4, 0.5) is 0 Å². The summed E-state index contributed by atoms with van der Waals surface area (Å²) in [7, 11) is 1.67. The Morgan fingerprint density at radius 3 is 2.56 bits per heavy atom. The summed E-state index contributed by atoms with van der Waals surface area (Å²) in [4.78, 5) is 15.3. The molecule has 0 spiro atoms. The fourth-order valence-corrected chi connectivity index (χ4v) is 4.66. The van der Waals surface area contributed by atoms with Crippen LogP contribution < -0.4 is 15.6 Å². The van der Waals surface area contributed by atoms with Gasteiger partial charge in [0.05, 0.1) is 37.5 Å². The van der Waals surface area contributed by atoms with Gasteiger partial charge in [-0.25, -0.2) is 15.5 Å². The number of aromatic nitrogens is 3. The van der Waals surface area contributed by atoms with Crippen molar-refractivity contribution in [2.24, 2.45) is 0 Å². The number of benzene rings is 1. The maximum Gasteiger partial charge on any atom is 0.241 e. The van der Waals surface area contributed by atoms with Crippen molar-refractivity contribution < 1.29 is 9.53 Å². The topological polar surface area (TPSA) is 76.3 Å². The summed E-state index contributed by atoms with van der Waals surface area (Å²) in [5.41, 5.74) is 9.48. The Hall–Kier alpha value is -3.10. The second kappa shape index (κ2) is 7.79. The van der Waals surface area contributed by atoms with Crippen LogP contribution in [0, 0.1) is 0 Å². The average molecular weight is 435 g/mol. The van der Waals surface area contributed by atoms with Gasteiger partial charge in [0.15, 0.2) is 0 Å². The maximum absolute atomic E-state index is 13.4. The van der Waals surface area contributed by atoms with Gasteiger partial charge in [-0.3, -0.25) is 4.79 Å². The zero-order valence-corrected chi connectivity index (χ0v) is 19.0. The van der Waals surface area contributed by atoms with Crippen molar-refractivity contribution in [1.29, 1.82) is 0 Å². The van der Waals surface area contributed by atoms with Crippen molar-refractivity contribution >= 4 is 5.91 Å². The smallest absolute Gasteiger partial charge is 0.241 e. The SMILES string of the molecule is COc1ccccc1C1CC(C(=O)N2Cc3nn(C(C)(C)C)c(-n4cccc4)c3C2)NN1. The second-order valence-corrected chi connectivity index (χ2v) is 9.49. The van der Waals surface area contributed by atoms with E-state index in [1.54, 1.807) is 7.11 Å². The molecule has 2 aromatic heterocycles. The summed E-state index contributed by atoms with van der Waals surface area (Å²) in [6, 6.07) is 11.7. The van der Waals surface area contributed by atoms with Crippen LogP contribution in [0.3, 0.4) is 0 Å². The monoisotopic (exact) mass is 434 g/mol. The van der Waals surface area contributed by atoms with E-state index >= 15 is 0 Å². The molecule has 0 radical (unpaired) electrons. The normalized spacial score (nSPS) is 20.6. The molecule has 2 atom stereocenters. The van der Waals surface area contributed by atoms with Gasteiger partial charge in [-0.2, -0.15) is 5.10 Å². The molecule has 1 aromatic carbocycles. The Morgan fingerprint density at radius 1 is 1.09 bits per heavy atom. The van der Waals surface area contributed by atoms with Crippen LogP contribution in [0.1, 0.15) is 50.1 Å². The molecule has 2 aliphatic rings. The lowest BCUT2D eigenvalue weighted by atomic mass is 10.0. The van der Waals surface area contributed by atoms with Crippen LogP contribution >= 0.6 is 0 Å². The largest absolute Gasteiger partial charge is 0.496 e. The first-order valence-electron chi connectivity index (χ1n) is 11.0. The van der Waals surface area contributed by atoms with Gasteiger partial charge >= 0.3 is 0 Å². The summed E-state index contributed by atoms with van der Waals surface area (Å²) < 4.78 is 9.67. The summed E-state index contributed by atoms with van der Waals surface area (Å²) in [6.45, 7) is 7.55. The van der Waals surface area contributed by atoms with E-state index in [1.165, 1.54) is 0 Å². The van der Waals surface area contributed by atoms with Gasteiger partial charge in [0, 0.05) is 23.5 Å². The van der Waals surface area contributed by atoms with E-state index in [9.17, 15) is 4.79 Å². The molecule has 1 fully saturated rings. The number of carbonyl (C=O) groups excluding carboxylic acids is 1. The van der Waals surface area contributed by atoms with Gasteiger partial charge in [-0.15, -0.1) is 0 Å². The standard InChI is InChI=1S/C24H30N6O2/c1-24(2,3)30-22(28-11-7-8-12-28)17-14-29(15-20(17)27-30)23(31)19-13-18(25-26-19)16-9-5-6-10-21(16)32-4/h5-12,18-19,25-26H,13-15H2,1-4H3. The molecular formula is C24H30N6O2. The molecule has 32 heavy (non-hydrogen) atoms. The second-order valence-electron chi connectivity index (χ2n) is 9.49. The van der Waals surface area contributed by atoms with Crippen LogP contribution in [0.15, 0.2) is 48.8 Å². The maximum atomic E-state index is 13.4. The van der Waals surface area contributed by atoms with Crippen molar-refractivity contribution in [3.63, 3.8) is 0 Å². The summed E-state index contributed by atoms with van der Waals surface area (Å²) in [5, 5.41) is 4.91. The molecule has 1 amide bonds. The third-order valence-corrected chi connectivity index (χ3v) is 6.24. The van der Waals surface area contributed by atoms with Crippen LogP contribution in [-0.2, 0) is 23.4 Å². The number of rotatable bonds is 4. The highest BCUT2D eigenvalue weighted by Crippen LogP contribution is 2.34. The Bertz CT molecular complexity index is 1130. The molecule has 3 aromatic rings. The minimum absolute atomic E-state index is 0.0191. The van der Waals surface area contributed by atoms with E-state index in [4.69, 9.17) is 9.84 Å². The van der Waals surface area contributed by atoms with Crippen LogP contribution in [0.2, 0.25) is 0 Å². The lowest BCUT2D eigenvalue weighted by Gasteiger charge is -2.25. The minimum atomic E-state index is -0.293. The molecular weight excluding hydrogens is 404 g/mol. The molecule has 2 unspecified atom stereocenters. The third kappa shape index (κ3) is 3.49. The van der Waals surface area contributed by atoms with E-state index in [1.807, 2.05) is 53.7 Å². The van der Waals surface area contributed by atoms with E-state index in [-0.39, 0.29) is 23.5 Å². The Labute approximate surface area is 188 Å². The Kier molecular flexibility index (Phi) is 5.06. The summed E-state index contributed by atoms with van der Waals surface area (Å²) in [6.07, 6.45) is 4.73. The van der Waals surface area contributed by atoms with Crippen molar-refractivity contribution in [2.45, 2.75) is 57.9 Å². The predicted octanol–water partition coefficient (Wildman–Crippen LogP) is 2.89. The number of amides is 1. The quantitative estimate of drug-likeness (QED) is 0.660. The number of nitrogens with zero attached hydrogens (tertiary/aromatic N) is 4. The molecule has 2 N–H and O–H groups in total. The molecule has 8 heteroatoms. The molecule has 168 valence electrons. The van der Waals surface area contributed by atoms with Crippen LogP contribution in [0.5, 0.6) is 5.75 Å². The van der Waals surface area contributed by atoms with Gasteiger partial charge in [0.25, 0.3) is 0 Å². The van der Waals surface area contributed by atoms with Crippen molar-refractivity contribution in [2.75, 3.05) is 7.11 Å². The highest BCUT2D eigenvalue weighted by atomic mass is 16.5. The Morgan fingerprint density at radius 2 is 1.84 bits per heavy atom. The van der Waals surface area contributed by atoms with Crippen molar-refractivity contribution in [3.05, 3.63) is 65.6 Å². The average Bonchev–Trinajstić information content (AvgIpc) is 3.55. The van der Waals surface area contributed by atoms with E-state index in [0.29, 0.717) is 19.5 Å². The fraction of sp³-hybridized carbons (Fsp3) is 0.417. The number of carbonyl (C=O) groups is 1. The first kappa shape index (κ1) is 20.8. The summed E-state index contributed by atoms with van der Waals surface area (Å²) >= 11 is 0. The number of fused-ring (bicyclic) bond motifs is 1. The van der Waals surface area contributed by atoms with E-state index < -0.39 is 0 Å². The number of para-hydroxylation sites is 1. The van der Waals surface area contributed by atoms with E-state index in [0.717, 1.165) is 28.4 Å².